The second-order valence-electron chi connectivity index (χ2n) is 4.02. The van der Waals surface area contributed by atoms with Crippen molar-refractivity contribution in [1.82, 2.24) is 25.6 Å². The lowest BCUT2D eigenvalue weighted by Gasteiger charge is -2.09. The summed E-state index contributed by atoms with van der Waals surface area (Å²) in [5.74, 6) is 0.264. The summed E-state index contributed by atoms with van der Waals surface area (Å²) in [6, 6.07) is 1.70. The van der Waals surface area contributed by atoms with E-state index < -0.39 is 5.82 Å². The number of halogens is 2. The predicted octanol–water partition coefficient (Wildman–Crippen LogP) is 1.11. The number of rotatable bonds is 5. The van der Waals surface area contributed by atoms with E-state index in [-0.39, 0.29) is 5.82 Å². The van der Waals surface area contributed by atoms with Crippen LogP contribution < -0.4 is 16.6 Å². The van der Waals surface area contributed by atoms with Crippen molar-refractivity contribution >= 4 is 23.2 Å². The molecule has 0 saturated heterocycles. The number of hydrazine groups is 1. The van der Waals surface area contributed by atoms with Crippen molar-refractivity contribution in [2.24, 2.45) is 0 Å². The van der Waals surface area contributed by atoms with E-state index in [1.54, 1.807) is 6.07 Å². The highest BCUT2D eigenvalue weighted by Gasteiger charge is 2.04. The number of hydrogen-bond donors (Lipinski definition) is 3. The average molecular weight is 298 g/mol. The summed E-state index contributed by atoms with van der Waals surface area (Å²) in [5.41, 5.74) is 12.0. The van der Waals surface area contributed by atoms with Crippen LogP contribution in [0.15, 0.2) is 12.3 Å². The molecule has 0 aliphatic rings. The Balaban J connectivity index is 1.82. The van der Waals surface area contributed by atoms with Crippen LogP contribution in [0.4, 0.5) is 16.0 Å². The monoisotopic (exact) mass is 297 g/mol. The minimum atomic E-state index is -0.619. The Morgan fingerprint density at radius 1 is 1.40 bits per heavy atom. The van der Waals surface area contributed by atoms with Gasteiger partial charge in [-0.25, -0.2) is 19.8 Å². The Morgan fingerprint density at radius 2 is 2.20 bits per heavy atom. The standard InChI is InChI=1S/C11H13ClFN7/c1-6-4-8(12)18-20-11(6)19-16-3-2-9-15-5-7(13)10(14)17-9/h4-5,16H,2-3H2,1H3,(H,19,20)(H2,14,15,17). The molecule has 9 heteroatoms. The number of anilines is 2. The molecule has 0 unspecified atom stereocenters. The van der Waals surface area contributed by atoms with Gasteiger partial charge in [0.05, 0.1) is 6.20 Å². The number of nitrogens with one attached hydrogen (secondary N) is 2. The van der Waals surface area contributed by atoms with Crippen LogP contribution in [0.2, 0.25) is 5.15 Å². The summed E-state index contributed by atoms with van der Waals surface area (Å²) < 4.78 is 12.9. The Kier molecular flexibility index (Phi) is 4.59. The molecule has 0 radical (unpaired) electrons. The van der Waals surface area contributed by atoms with Gasteiger partial charge in [-0.15, -0.1) is 10.2 Å². The zero-order chi connectivity index (χ0) is 14.5. The Bertz CT molecular complexity index is 607. The van der Waals surface area contributed by atoms with Crippen molar-refractivity contribution in [3.05, 3.63) is 34.6 Å². The second-order valence-corrected chi connectivity index (χ2v) is 4.41. The summed E-state index contributed by atoms with van der Waals surface area (Å²) in [4.78, 5) is 7.66. The van der Waals surface area contributed by atoms with E-state index in [2.05, 4.69) is 31.0 Å². The molecular weight excluding hydrogens is 285 g/mol. The van der Waals surface area contributed by atoms with Crippen LogP contribution in [0.3, 0.4) is 0 Å². The van der Waals surface area contributed by atoms with Crippen LogP contribution >= 0.6 is 11.6 Å². The van der Waals surface area contributed by atoms with Crippen LogP contribution in [0.5, 0.6) is 0 Å². The van der Waals surface area contributed by atoms with E-state index in [1.165, 1.54) is 0 Å². The molecule has 20 heavy (non-hydrogen) atoms. The molecule has 2 aromatic heterocycles. The SMILES string of the molecule is Cc1cc(Cl)nnc1NNCCc1ncc(F)c(N)n1. The quantitative estimate of drug-likeness (QED) is 0.561. The summed E-state index contributed by atoms with van der Waals surface area (Å²) in [5, 5.41) is 7.96. The average Bonchev–Trinajstić information content (AvgIpc) is 2.40. The third-order valence-electron chi connectivity index (χ3n) is 2.46. The number of aryl methyl sites for hydroxylation is 1. The largest absolute Gasteiger partial charge is 0.381 e. The maximum absolute atomic E-state index is 12.9. The number of nitrogen functional groups attached to an aromatic ring is 1. The molecule has 2 aromatic rings. The molecule has 0 fully saturated rings. The lowest BCUT2D eigenvalue weighted by Crippen LogP contribution is -2.26. The Morgan fingerprint density at radius 3 is 2.90 bits per heavy atom. The first-order valence-corrected chi connectivity index (χ1v) is 6.19. The fourth-order valence-electron chi connectivity index (χ4n) is 1.44. The second kappa shape index (κ2) is 6.40. The lowest BCUT2D eigenvalue weighted by atomic mass is 10.3. The van der Waals surface area contributed by atoms with Gasteiger partial charge >= 0.3 is 0 Å². The zero-order valence-electron chi connectivity index (χ0n) is 10.7. The third-order valence-corrected chi connectivity index (χ3v) is 2.64. The zero-order valence-corrected chi connectivity index (χ0v) is 11.4. The maximum atomic E-state index is 12.9. The molecule has 0 aliphatic heterocycles. The normalized spacial score (nSPS) is 10.6. The van der Waals surface area contributed by atoms with Crippen molar-refractivity contribution in [3.8, 4) is 0 Å². The van der Waals surface area contributed by atoms with Crippen molar-refractivity contribution in [2.45, 2.75) is 13.3 Å². The molecule has 7 nitrogen and oxygen atoms in total. The molecule has 0 bridgehead atoms. The van der Waals surface area contributed by atoms with Crippen LogP contribution in [0, 0.1) is 12.7 Å². The topological polar surface area (TPSA) is 102 Å². The molecular formula is C11H13ClFN7. The highest BCUT2D eigenvalue weighted by molar-refractivity contribution is 6.29. The van der Waals surface area contributed by atoms with E-state index in [1.807, 2.05) is 6.92 Å². The number of hydrogen-bond acceptors (Lipinski definition) is 7. The highest BCUT2D eigenvalue weighted by atomic mass is 35.5. The van der Waals surface area contributed by atoms with Gasteiger partial charge in [0.15, 0.2) is 22.6 Å². The van der Waals surface area contributed by atoms with Gasteiger partial charge in [-0.2, -0.15) is 0 Å². The van der Waals surface area contributed by atoms with Crippen LogP contribution in [-0.4, -0.2) is 26.7 Å². The van der Waals surface area contributed by atoms with Gasteiger partial charge in [0.25, 0.3) is 0 Å². The molecule has 0 saturated carbocycles. The molecule has 4 N–H and O–H groups in total. The fraction of sp³-hybridized carbons (Fsp3) is 0.273. The van der Waals surface area contributed by atoms with Gasteiger partial charge in [0, 0.05) is 13.0 Å². The van der Waals surface area contributed by atoms with Crippen molar-refractivity contribution in [3.63, 3.8) is 0 Å². The molecule has 2 rings (SSSR count). The van der Waals surface area contributed by atoms with Gasteiger partial charge in [-0.05, 0) is 18.6 Å². The molecule has 0 spiro atoms. The van der Waals surface area contributed by atoms with E-state index >= 15 is 0 Å². The van der Waals surface area contributed by atoms with E-state index in [0.717, 1.165) is 11.8 Å². The van der Waals surface area contributed by atoms with E-state index in [4.69, 9.17) is 17.3 Å². The Hall–Kier alpha value is -2.06. The van der Waals surface area contributed by atoms with Crippen LogP contribution in [-0.2, 0) is 6.42 Å². The van der Waals surface area contributed by atoms with Gasteiger partial charge in [0.2, 0.25) is 0 Å². The Labute approximate surface area is 119 Å². The predicted molar refractivity (Wildman–Crippen MR) is 73.5 cm³/mol. The summed E-state index contributed by atoms with van der Waals surface area (Å²) >= 11 is 5.71. The molecule has 0 aliphatic carbocycles. The van der Waals surface area contributed by atoms with Gasteiger partial charge in [-0.1, -0.05) is 11.6 Å². The van der Waals surface area contributed by atoms with Crippen LogP contribution in [0.25, 0.3) is 0 Å². The first kappa shape index (κ1) is 14.4. The van der Waals surface area contributed by atoms with E-state index in [0.29, 0.717) is 29.8 Å². The molecule has 2 heterocycles. The third kappa shape index (κ3) is 3.72. The summed E-state index contributed by atoms with van der Waals surface area (Å²) in [6.07, 6.45) is 1.54. The van der Waals surface area contributed by atoms with Gasteiger partial charge in [-0.3, -0.25) is 0 Å². The maximum Gasteiger partial charge on any atom is 0.183 e. The minimum Gasteiger partial charge on any atom is -0.381 e. The highest BCUT2D eigenvalue weighted by Crippen LogP contribution is 2.12. The molecule has 0 aromatic carbocycles. The smallest absolute Gasteiger partial charge is 0.183 e. The number of nitrogens with zero attached hydrogens (tertiary/aromatic N) is 4. The summed E-state index contributed by atoms with van der Waals surface area (Å²) in [7, 11) is 0. The van der Waals surface area contributed by atoms with E-state index in [9.17, 15) is 4.39 Å². The fourth-order valence-corrected chi connectivity index (χ4v) is 1.64. The van der Waals surface area contributed by atoms with Crippen LogP contribution in [0.1, 0.15) is 11.4 Å². The lowest BCUT2D eigenvalue weighted by molar-refractivity contribution is 0.613. The van der Waals surface area contributed by atoms with Crippen molar-refractivity contribution in [1.29, 1.82) is 0 Å². The number of nitrogens with two attached hydrogens (primary N) is 1. The molecule has 0 amide bonds. The molecule has 106 valence electrons. The van der Waals surface area contributed by atoms with Gasteiger partial charge < -0.3 is 11.2 Å². The number of aromatic nitrogens is 4. The first-order valence-electron chi connectivity index (χ1n) is 5.82. The first-order chi connectivity index (χ1) is 9.56. The summed E-state index contributed by atoms with van der Waals surface area (Å²) in [6.45, 7) is 2.36. The minimum absolute atomic E-state index is 0.151. The van der Waals surface area contributed by atoms with Crippen molar-refractivity contribution < 1.29 is 4.39 Å². The van der Waals surface area contributed by atoms with Gasteiger partial charge in [0.1, 0.15) is 5.82 Å². The van der Waals surface area contributed by atoms with Crippen molar-refractivity contribution in [2.75, 3.05) is 17.7 Å². The molecule has 0 atom stereocenters.